The van der Waals surface area contributed by atoms with Crippen molar-refractivity contribution in [3.8, 4) is 0 Å². The molecule has 0 saturated carbocycles. The SMILES string of the molecule is CN(CC(c1cccc(S(=O)(=O)Cl)c1)N1CCCC1)C(=O)O. The molecule has 1 fully saturated rings. The van der Waals surface area contributed by atoms with Crippen LogP contribution in [0.15, 0.2) is 29.2 Å². The van der Waals surface area contributed by atoms with Crippen LogP contribution < -0.4 is 0 Å². The van der Waals surface area contributed by atoms with Gasteiger partial charge in [0.15, 0.2) is 0 Å². The molecule has 0 radical (unpaired) electrons. The number of carbonyl (C=O) groups is 1. The fourth-order valence-electron chi connectivity index (χ4n) is 2.70. The van der Waals surface area contributed by atoms with E-state index in [9.17, 15) is 13.2 Å². The molecular weight excluding hydrogens is 328 g/mol. The summed E-state index contributed by atoms with van der Waals surface area (Å²) >= 11 is 0. The fraction of sp³-hybridized carbons (Fsp3) is 0.500. The van der Waals surface area contributed by atoms with Crippen molar-refractivity contribution < 1.29 is 18.3 Å². The molecule has 1 unspecified atom stereocenters. The summed E-state index contributed by atoms with van der Waals surface area (Å²) in [6.45, 7) is 2.02. The van der Waals surface area contributed by atoms with Gasteiger partial charge in [0.1, 0.15) is 0 Å². The van der Waals surface area contributed by atoms with Gasteiger partial charge in [-0.1, -0.05) is 12.1 Å². The van der Waals surface area contributed by atoms with Gasteiger partial charge in [0.25, 0.3) is 9.05 Å². The Labute approximate surface area is 134 Å². The Kier molecular flexibility index (Phi) is 5.31. The van der Waals surface area contributed by atoms with E-state index in [2.05, 4.69) is 4.90 Å². The number of nitrogens with zero attached hydrogens (tertiary/aromatic N) is 2. The molecular formula is C14H19ClN2O4S. The highest BCUT2D eigenvalue weighted by Crippen LogP contribution is 2.28. The summed E-state index contributed by atoms with van der Waals surface area (Å²) in [6.07, 6.45) is 1.10. The summed E-state index contributed by atoms with van der Waals surface area (Å²) < 4.78 is 23.0. The first-order valence-electron chi connectivity index (χ1n) is 7.02. The number of carboxylic acid groups (broad SMARTS) is 1. The van der Waals surface area contributed by atoms with Crippen molar-refractivity contribution in [3.05, 3.63) is 29.8 Å². The third kappa shape index (κ3) is 4.12. The van der Waals surface area contributed by atoms with Gasteiger partial charge in [-0.3, -0.25) is 4.90 Å². The molecule has 0 spiro atoms. The minimum Gasteiger partial charge on any atom is -0.465 e. The van der Waals surface area contributed by atoms with Gasteiger partial charge in [-0.15, -0.1) is 0 Å². The van der Waals surface area contributed by atoms with Crippen molar-refractivity contribution in [2.24, 2.45) is 0 Å². The van der Waals surface area contributed by atoms with E-state index in [4.69, 9.17) is 15.8 Å². The van der Waals surface area contributed by atoms with Gasteiger partial charge in [0.2, 0.25) is 0 Å². The molecule has 2 rings (SSSR count). The molecule has 1 aliphatic rings. The third-order valence-corrected chi connectivity index (χ3v) is 5.23. The number of amides is 1. The molecule has 1 aromatic rings. The van der Waals surface area contributed by atoms with E-state index in [1.807, 2.05) is 6.07 Å². The lowest BCUT2D eigenvalue weighted by atomic mass is 10.1. The second-order valence-electron chi connectivity index (χ2n) is 5.43. The van der Waals surface area contributed by atoms with Crippen LogP contribution in [-0.2, 0) is 9.05 Å². The number of likely N-dealkylation sites (N-methyl/N-ethyl adjacent to an activating group) is 1. The van der Waals surface area contributed by atoms with E-state index in [1.165, 1.54) is 24.1 Å². The van der Waals surface area contributed by atoms with Crippen LogP contribution in [0.1, 0.15) is 24.4 Å². The lowest BCUT2D eigenvalue weighted by Gasteiger charge is -2.31. The van der Waals surface area contributed by atoms with Crippen molar-refractivity contribution in [3.63, 3.8) is 0 Å². The van der Waals surface area contributed by atoms with E-state index in [1.54, 1.807) is 6.07 Å². The fourth-order valence-corrected chi connectivity index (χ4v) is 3.50. The Bertz CT molecular complexity index is 644. The maximum absolute atomic E-state index is 11.5. The highest BCUT2D eigenvalue weighted by molar-refractivity contribution is 8.13. The molecule has 0 aromatic heterocycles. The smallest absolute Gasteiger partial charge is 0.407 e. The maximum atomic E-state index is 11.5. The van der Waals surface area contributed by atoms with Crippen LogP contribution in [0.3, 0.4) is 0 Å². The number of rotatable bonds is 5. The van der Waals surface area contributed by atoms with Crippen molar-refractivity contribution in [2.45, 2.75) is 23.8 Å². The Morgan fingerprint density at radius 1 is 1.41 bits per heavy atom. The van der Waals surface area contributed by atoms with Gasteiger partial charge in [-0.05, 0) is 43.6 Å². The average Bonchev–Trinajstić information content (AvgIpc) is 2.97. The summed E-state index contributed by atoms with van der Waals surface area (Å²) in [7, 11) is 3.11. The predicted molar refractivity (Wildman–Crippen MR) is 83.7 cm³/mol. The van der Waals surface area contributed by atoms with E-state index < -0.39 is 15.1 Å². The molecule has 1 amide bonds. The van der Waals surface area contributed by atoms with Crippen molar-refractivity contribution in [2.75, 3.05) is 26.7 Å². The van der Waals surface area contributed by atoms with E-state index in [0.29, 0.717) is 0 Å². The maximum Gasteiger partial charge on any atom is 0.407 e. The molecule has 1 N–H and O–H groups in total. The Balaban J connectivity index is 2.33. The summed E-state index contributed by atoms with van der Waals surface area (Å²) in [5, 5.41) is 9.09. The highest BCUT2D eigenvalue weighted by atomic mass is 35.7. The van der Waals surface area contributed by atoms with Crippen LogP contribution in [0.25, 0.3) is 0 Å². The summed E-state index contributed by atoms with van der Waals surface area (Å²) in [5.41, 5.74) is 0.761. The van der Waals surface area contributed by atoms with Crippen molar-refractivity contribution >= 4 is 25.8 Å². The van der Waals surface area contributed by atoms with Crippen LogP contribution in [-0.4, -0.2) is 56.1 Å². The first kappa shape index (κ1) is 17.1. The molecule has 1 aromatic carbocycles. The standard InChI is InChI=1S/C14H19ClN2O4S/c1-16(14(18)19)10-13(17-7-2-3-8-17)11-5-4-6-12(9-11)22(15,20)21/h4-6,9,13H,2-3,7-8,10H2,1H3,(H,18,19). The van der Waals surface area contributed by atoms with Crippen LogP contribution in [0, 0.1) is 0 Å². The molecule has 1 saturated heterocycles. The zero-order valence-electron chi connectivity index (χ0n) is 12.3. The topological polar surface area (TPSA) is 77.9 Å². The molecule has 1 aliphatic heterocycles. The average molecular weight is 347 g/mol. The molecule has 8 heteroatoms. The van der Waals surface area contributed by atoms with Gasteiger partial charge in [-0.25, -0.2) is 13.2 Å². The number of likely N-dealkylation sites (tertiary alicyclic amines) is 1. The lowest BCUT2D eigenvalue weighted by Crippen LogP contribution is -2.37. The number of hydrogen-bond donors (Lipinski definition) is 1. The number of hydrogen-bond acceptors (Lipinski definition) is 4. The molecule has 0 bridgehead atoms. The molecule has 1 atom stereocenters. The van der Waals surface area contributed by atoms with E-state index >= 15 is 0 Å². The first-order valence-corrected chi connectivity index (χ1v) is 9.32. The van der Waals surface area contributed by atoms with Gasteiger partial charge >= 0.3 is 6.09 Å². The summed E-state index contributed by atoms with van der Waals surface area (Å²) in [6, 6.07) is 6.23. The molecule has 1 heterocycles. The Morgan fingerprint density at radius 2 is 2.05 bits per heavy atom. The van der Waals surface area contributed by atoms with Gasteiger partial charge in [0, 0.05) is 24.3 Å². The zero-order chi connectivity index (χ0) is 16.3. The van der Waals surface area contributed by atoms with Crippen molar-refractivity contribution in [1.29, 1.82) is 0 Å². The predicted octanol–water partition coefficient (Wildman–Crippen LogP) is 2.36. The normalized spacial score (nSPS) is 17.4. The monoisotopic (exact) mass is 346 g/mol. The highest BCUT2D eigenvalue weighted by Gasteiger charge is 2.26. The van der Waals surface area contributed by atoms with Crippen LogP contribution >= 0.6 is 10.7 Å². The summed E-state index contributed by atoms with van der Waals surface area (Å²) in [5.74, 6) is 0. The zero-order valence-corrected chi connectivity index (χ0v) is 13.8. The van der Waals surface area contributed by atoms with Gasteiger partial charge in [0.05, 0.1) is 10.9 Å². The third-order valence-electron chi connectivity index (χ3n) is 3.88. The lowest BCUT2D eigenvalue weighted by molar-refractivity contribution is 0.133. The summed E-state index contributed by atoms with van der Waals surface area (Å²) in [4.78, 5) is 14.5. The van der Waals surface area contributed by atoms with Crippen molar-refractivity contribution in [1.82, 2.24) is 9.80 Å². The van der Waals surface area contributed by atoms with Gasteiger partial charge in [-0.2, -0.15) is 0 Å². The molecule has 22 heavy (non-hydrogen) atoms. The minimum absolute atomic E-state index is 0.0360. The first-order chi connectivity index (χ1) is 10.3. The second kappa shape index (κ2) is 6.85. The van der Waals surface area contributed by atoms with E-state index in [-0.39, 0.29) is 17.5 Å². The van der Waals surface area contributed by atoms with Crippen LogP contribution in [0.5, 0.6) is 0 Å². The Morgan fingerprint density at radius 3 is 2.59 bits per heavy atom. The number of halogens is 1. The minimum atomic E-state index is -3.80. The number of benzene rings is 1. The Hall–Kier alpha value is -1.31. The molecule has 122 valence electrons. The molecule has 6 nitrogen and oxygen atoms in total. The quantitative estimate of drug-likeness (QED) is 0.828. The molecule has 0 aliphatic carbocycles. The van der Waals surface area contributed by atoms with E-state index in [0.717, 1.165) is 31.5 Å². The largest absolute Gasteiger partial charge is 0.465 e. The second-order valence-corrected chi connectivity index (χ2v) is 8.00. The van der Waals surface area contributed by atoms with Crippen LogP contribution in [0.2, 0.25) is 0 Å². The van der Waals surface area contributed by atoms with Gasteiger partial charge < -0.3 is 10.0 Å². The van der Waals surface area contributed by atoms with Crippen LogP contribution in [0.4, 0.5) is 4.79 Å².